The van der Waals surface area contributed by atoms with Crippen LogP contribution in [0.5, 0.6) is 5.88 Å². The minimum atomic E-state index is 0. The lowest BCUT2D eigenvalue weighted by molar-refractivity contribution is 0.299. The van der Waals surface area contributed by atoms with Crippen molar-refractivity contribution in [3.63, 3.8) is 0 Å². The van der Waals surface area contributed by atoms with Crippen molar-refractivity contribution in [1.29, 1.82) is 0 Å². The molecule has 3 nitrogen and oxygen atoms in total. The molecule has 1 rings (SSSR count). The lowest BCUT2D eigenvalue weighted by atomic mass is 10.4. The Kier molecular flexibility index (Phi) is 6.94. The molecule has 0 atom stereocenters. The Morgan fingerprint density at radius 1 is 1.54 bits per heavy atom. The Labute approximate surface area is 92.2 Å². The summed E-state index contributed by atoms with van der Waals surface area (Å²) in [7, 11) is 0. The van der Waals surface area contributed by atoms with Crippen LogP contribution < -0.4 is 10.5 Å². The summed E-state index contributed by atoms with van der Waals surface area (Å²) in [5, 5.41) is 0. The van der Waals surface area contributed by atoms with E-state index in [-0.39, 0.29) is 12.4 Å². The molecule has 0 amide bonds. The number of aromatic nitrogens is 1. The maximum Gasteiger partial charge on any atom is 0.227 e. The molecule has 0 fully saturated rings. The fourth-order valence-electron chi connectivity index (χ4n) is 0.730. The second-order valence-electron chi connectivity index (χ2n) is 2.28. The van der Waals surface area contributed by atoms with Gasteiger partial charge in [-0.2, -0.15) is 0 Å². The van der Waals surface area contributed by atoms with E-state index in [2.05, 4.69) is 20.9 Å². The van der Waals surface area contributed by atoms with Crippen LogP contribution in [0.15, 0.2) is 22.8 Å². The number of hydrogen-bond acceptors (Lipinski definition) is 3. The van der Waals surface area contributed by atoms with Crippen molar-refractivity contribution in [3.8, 4) is 5.88 Å². The third-order valence-corrected chi connectivity index (χ3v) is 1.92. The molecular weight excluding hydrogens is 255 g/mol. The standard InChI is InChI=1S/C8H11BrN2O.ClH/c9-7-3-1-5-11-8(7)12-6-2-4-10;/h1,3,5H,2,4,6,10H2;1H. The summed E-state index contributed by atoms with van der Waals surface area (Å²) in [6, 6.07) is 3.74. The molecule has 0 aromatic carbocycles. The summed E-state index contributed by atoms with van der Waals surface area (Å²) < 4.78 is 6.22. The Morgan fingerprint density at radius 2 is 2.31 bits per heavy atom. The maximum absolute atomic E-state index is 5.34. The zero-order chi connectivity index (χ0) is 8.81. The quantitative estimate of drug-likeness (QED) is 0.849. The summed E-state index contributed by atoms with van der Waals surface area (Å²) in [5.74, 6) is 0.631. The lowest BCUT2D eigenvalue weighted by Gasteiger charge is -2.04. The second kappa shape index (κ2) is 7.12. The minimum absolute atomic E-state index is 0. The lowest BCUT2D eigenvalue weighted by Crippen LogP contribution is -2.06. The zero-order valence-electron chi connectivity index (χ0n) is 7.07. The average Bonchev–Trinajstić information content (AvgIpc) is 2.09. The fourth-order valence-corrected chi connectivity index (χ4v) is 1.10. The normalized spacial score (nSPS) is 9.08. The van der Waals surface area contributed by atoms with Gasteiger partial charge in [-0.1, -0.05) is 0 Å². The molecule has 2 N–H and O–H groups in total. The van der Waals surface area contributed by atoms with Crippen LogP contribution in [0, 0.1) is 0 Å². The molecule has 5 heteroatoms. The molecule has 0 aliphatic heterocycles. The highest BCUT2D eigenvalue weighted by Crippen LogP contribution is 2.20. The highest BCUT2D eigenvalue weighted by molar-refractivity contribution is 9.10. The van der Waals surface area contributed by atoms with Crippen molar-refractivity contribution in [2.24, 2.45) is 5.73 Å². The van der Waals surface area contributed by atoms with E-state index >= 15 is 0 Å². The topological polar surface area (TPSA) is 48.1 Å². The first-order valence-electron chi connectivity index (χ1n) is 3.78. The molecule has 0 aliphatic rings. The molecule has 0 unspecified atom stereocenters. The Bertz CT molecular complexity index is 247. The van der Waals surface area contributed by atoms with Gasteiger partial charge in [0, 0.05) is 6.20 Å². The first-order chi connectivity index (χ1) is 5.84. The van der Waals surface area contributed by atoms with Gasteiger partial charge in [0.15, 0.2) is 0 Å². The Balaban J connectivity index is 0.00000144. The van der Waals surface area contributed by atoms with E-state index in [1.54, 1.807) is 6.20 Å². The monoisotopic (exact) mass is 266 g/mol. The van der Waals surface area contributed by atoms with Crippen LogP contribution in [0.3, 0.4) is 0 Å². The van der Waals surface area contributed by atoms with Gasteiger partial charge in [-0.25, -0.2) is 4.98 Å². The van der Waals surface area contributed by atoms with Crippen molar-refractivity contribution in [3.05, 3.63) is 22.8 Å². The van der Waals surface area contributed by atoms with Gasteiger partial charge in [0.25, 0.3) is 0 Å². The van der Waals surface area contributed by atoms with Gasteiger partial charge in [-0.15, -0.1) is 12.4 Å². The van der Waals surface area contributed by atoms with E-state index in [0.29, 0.717) is 19.0 Å². The minimum Gasteiger partial charge on any atom is -0.477 e. The third-order valence-electron chi connectivity index (χ3n) is 1.31. The number of halogens is 2. The summed E-state index contributed by atoms with van der Waals surface area (Å²) >= 11 is 3.33. The van der Waals surface area contributed by atoms with Crippen LogP contribution in [-0.2, 0) is 0 Å². The molecule has 0 spiro atoms. The highest BCUT2D eigenvalue weighted by atomic mass is 79.9. The number of rotatable bonds is 4. The number of pyridine rings is 1. The molecule has 0 saturated carbocycles. The molecule has 74 valence electrons. The van der Waals surface area contributed by atoms with Crippen LogP contribution in [-0.4, -0.2) is 18.1 Å². The van der Waals surface area contributed by atoms with Gasteiger partial charge >= 0.3 is 0 Å². The summed E-state index contributed by atoms with van der Waals surface area (Å²) in [6.07, 6.45) is 2.55. The number of nitrogens with zero attached hydrogens (tertiary/aromatic N) is 1. The molecule has 1 aromatic rings. The van der Waals surface area contributed by atoms with Crippen molar-refractivity contribution in [2.75, 3.05) is 13.2 Å². The van der Waals surface area contributed by atoms with Gasteiger partial charge in [0.05, 0.1) is 11.1 Å². The largest absolute Gasteiger partial charge is 0.477 e. The average molecular weight is 268 g/mol. The van der Waals surface area contributed by atoms with Crippen LogP contribution >= 0.6 is 28.3 Å². The van der Waals surface area contributed by atoms with Crippen molar-refractivity contribution in [1.82, 2.24) is 4.98 Å². The molecule has 1 heterocycles. The molecule has 0 radical (unpaired) electrons. The molecule has 0 saturated heterocycles. The van der Waals surface area contributed by atoms with E-state index in [1.165, 1.54) is 0 Å². The smallest absolute Gasteiger partial charge is 0.227 e. The van der Waals surface area contributed by atoms with E-state index < -0.39 is 0 Å². The van der Waals surface area contributed by atoms with Crippen molar-refractivity contribution < 1.29 is 4.74 Å². The van der Waals surface area contributed by atoms with Gasteiger partial charge in [-0.3, -0.25) is 0 Å². The second-order valence-corrected chi connectivity index (χ2v) is 3.14. The van der Waals surface area contributed by atoms with E-state index in [1.807, 2.05) is 12.1 Å². The van der Waals surface area contributed by atoms with Crippen LogP contribution in [0.25, 0.3) is 0 Å². The molecule has 0 aliphatic carbocycles. The van der Waals surface area contributed by atoms with Crippen molar-refractivity contribution in [2.45, 2.75) is 6.42 Å². The molecule has 13 heavy (non-hydrogen) atoms. The first kappa shape index (κ1) is 12.7. The highest BCUT2D eigenvalue weighted by Gasteiger charge is 1.98. The van der Waals surface area contributed by atoms with Gasteiger partial charge in [0.1, 0.15) is 0 Å². The van der Waals surface area contributed by atoms with Gasteiger partial charge < -0.3 is 10.5 Å². The third kappa shape index (κ3) is 4.45. The number of nitrogens with two attached hydrogens (primary N) is 1. The fraction of sp³-hybridized carbons (Fsp3) is 0.375. The maximum atomic E-state index is 5.34. The SMILES string of the molecule is Cl.NCCCOc1ncccc1Br. The Morgan fingerprint density at radius 3 is 2.92 bits per heavy atom. The number of ether oxygens (including phenoxy) is 1. The predicted molar refractivity (Wildman–Crippen MR) is 58.4 cm³/mol. The summed E-state index contributed by atoms with van der Waals surface area (Å²) in [4.78, 5) is 4.04. The van der Waals surface area contributed by atoms with Gasteiger partial charge in [-0.05, 0) is 41.0 Å². The number of hydrogen-bond donors (Lipinski definition) is 1. The molecule has 0 bridgehead atoms. The van der Waals surface area contributed by atoms with Crippen LogP contribution in [0.1, 0.15) is 6.42 Å². The predicted octanol–water partition coefficient (Wildman–Crippen LogP) is 1.99. The van der Waals surface area contributed by atoms with E-state index in [0.717, 1.165) is 10.9 Å². The van der Waals surface area contributed by atoms with Crippen LogP contribution in [0.4, 0.5) is 0 Å². The zero-order valence-corrected chi connectivity index (χ0v) is 9.47. The summed E-state index contributed by atoms with van der Waals surface area (Å²) in [6.45, 7) is 1.26. The van der Waals surface area contributed by atoms with Gasteiger partial charge in [0.2, 0.25) is 5.88 Å². The molecular formula is C8H12BrClN2O. The summed E-state index contributed by atoms with van der Waals surface area (Å²) in [5.41, 5.74) is 5.32. The van der Waals surface area contributed by atoms with E-state index in [9.17, 15) is 0 Å². The van der Waals surface area contributed by atoms with Crippen LogP contribution in [0.2, 0.25) is 0 Å². The Hall–Kier alpha value is -0.320. The molecule has 1 aromatic heterocycles. The van der Waals surface area contributed by atoms with Crippen molar-refractivity contribution >= 4 is 28.3 Å². The first-order valence-corrected chi connectivity index (χ1v) is 4.57. The van der Waals surface area contributed by atoms with E-state index in [4.69, 9.17) is 10.5 Å².